The van der Waals surface area contributed by atoms with Crippen LogP contribution in [0, 0.1) is 50.7 Å². The van der Waals surface area contributed by atoms with Crippen molar-refractivity contribution in [3.05, 3.63) is 0 Å². The highest BCUT2D eigenvalue weighted by molar-refractivity contribution is 5.66. The van der Waals surface area contributed by atoms with Crippen LogP contribution in [-0.4, -0.2) is 221 Å². The topological polar surface area (TPSA) is 343 Å². The Labute approximate surface area is 451 Å². The van der Waals surface area contributed by atoms with E-state index >= 15 is 0 Å². The number of hydrogen-bond acceptors (Lipinski definition) is 22. The summed E-state index contributed by atoms with van der Waals surface area (Å²) in [6.45, 7) is 20.2. The van der Waals surface area contributed by atoms with Gasteiger partial charge in [-0.25, -0.2) is 0 Å². The average molecular weight is 1110 g/mol. The Morgan fingerprint density at radius 1 is 0.623 bits per heavy atom. The maximum absolute atomic E-state index is 13.2. The van der Waals surface area contributed by atoms with Gasteiger partial charge in [0.15, 0.2) is 25.2 Å². The van der Waals surface area contributed by atoms with Gasteiger partial charge in [-0.05, 0) is 137 Å². The van der Waals surface area contributed by atoms with Gasteiger partial charge in [0.25, 0.3) is 0 Å². The molecule has 0 aromatic heterocycles. The van der Waals surface area contributed by atoms with E-state index in [1.807, 2.05) is 0 Å². The summed E-state index contributed by atoms with van der Waals surface area (Å²) in [5, 5.41) is 130. The first-order chi connectivity index (χ1) is 35.8. The lowest BCUT2D eigenvalue weighted by molar-refractivity contribution is -0.342. The van der Waals surface area contributed by atoms with Crippen LogP contribution in [0.5, 0.6) is 0 Å². The highest BCUT2D eigenvalue weighted by Crippen LogP contribution is 2.89. The van der Waals surface area contributed by atoms with E-state index in [1.54, 1.807) is 34.6 Å². The number of esters is 1. The van der Waals surface area contributed by atoms with Crippen molar-refractivity contribution in [1.82, 2.24) is 0 Å². The molecule has 0 amide bonds. The average Bonchev–Trinajstić information content (AvgIpc) is 3.52. The Bertz CT molecular complexity index is 2080. The van der Waals surface area contributed by atoms with Crippen molar-refractivity contribution in [2.24, 2.45) is 50.7 Å². The molecule has 12 N–H and O–H groups in total. The summed E-state index contributed by atoms with van der Waals surface area (Å²) in [6.07, 6.45) is -22.9. The van der Waals surface area contributed by atoms with Gasteiger partial charge < -0.3 is 104 Å². The Morgan fingerprint density at radius 3 is 1.73 bits per heavy atom. The molecule has 5 aliphatic carbocycles. The maximum Gasteiger partial charge on any atom is 0.302 e. The van der Waals surface area contributed by atoms with Gasteiger partial charge in [-0.2, -0.15) is 0 Å². The quantitative estimate of drug-likeness (QED) is 0.0796. The van der Waals surface area contributed by atoms with Crippen molar-refractivity contribution in [2.45, 2.75) is 281 Å². The predicted octanol–water partition coefficient (Wildman–Crippen LogP) is -0.134. The SMILES string of the molecule is CC(=O)O[C@H]1C[C@@]2(C)[C@@H]3C[C@H](O[C@@H]4O[C@@H](C)[C@H](O)[C@@H](O)[C@H]4O)[C@H]4C(C)(C)[C@@H](O[C@@H]5O[C@@H](C)[C@H](O)[C@@H](O)[C@H]5O)CC[C@@]45C[C@@]35CC[C@]2(C)[C@H]1[C@H](C)CC[C@@H](O[C@@H]1O[C@H](C)[C@H](O)[C@H](O)[C@H]1O)C(C)(C)O[C@@H]1OC[C@@H](O)[C@H](O)[C@H]1O. The molecule has 0 aromatic rings. The molecule has 22 nitrogen and oxygen atoms in total. The van der Waals surface area contributed by atoms with Crippen molar-refractivity contribution < 1.29 is 109 Å². The molecule has 4 saturated heterocycles. The first-order valence-corrected chi connectivity index (χ1v) is 28.3. The van der Waals surface area contributed by atoms with Crippen LogP contribution in [0.3, 0.4) is 0 Å². The molecule has 0 bridgehead atoms. The van der Waals surface area contributed by atoms with E-state index in [0.29, 0.717) is 32.1 Å². The minimum atomic E-state index is -1.65. The second-order valence-corrected chi connectivity index (χ2v) is 26.8. The molecule has 0 radical (unpaired) electrons. The van der Waals surface area contributed by atoms with E-state index in [4.69, 9.17) is 42.6 Å². The number of fused-ring (bicyclic) bond motifs is 2. The summed E-state index contributed by atoms with van der Waals surface area (Å²) in [4.78, 5) is 13.2. The van der Waals surface area contributed by atoms with E-state index < -0.39 is 169 Å². The molecule has 5 saturated carbocycles. The smallest absolute Gasteiger partial charge is 0.302 e. The van der Waals surface area contributed by atoms with Crippen molar-refractivity contribution in [3.63, 3.8) is 0 Å². The summed E-state index contributed by atoms with van der Waals surface area (Å²) in [7, 11) is 0. The molecule has 31 atom stereocenters. The summed E-state index contributed by atoms with van der Waals surface area (Å²) in [5.74, 6) is -1.03. The molecule has 4 heterocycles. The lowest BCUT2D eigenvalue weighted by atomic mass is 9.41. The summed E-state index contributed by atoms with van der Waals surface area (Å²) in [5.41, 5.74) is -3.46. The van der Waals surface area contributed by atoms with Crippen LogP contribution in [-0.2, 0) is 47.4 Å². The van der Waals surface area contributed by atoms with E-state index in [2.05, 4.69) is 34.6 Å². The second kappa shape index (κ2) is 21.4. The van der Waals surface area contributed by atoms with Crippen molar-refractivity contribution >= 4 is 5.97 Å². The molecule has 4 aliphatic heterocycles. The number of aliphatic hydroxyl groups excluding tert-OH is 12. The molecule has 444 valence electrons. The molecule has 77 heavy (non-hydrogen) atoms. The number of ether oxygens (including phenoxy) is 9. The molecule has 0 aromatic carbocycles. The van der Waals surface area contributed by atoms with Crippen LogP contribution < -0.4 is 0 Å². The Hall–Kier alpha value is -1.33. The van der Waals surface area contributed by atoms with Crippen LogP contribution in [0.4, 0.5) is 0 Å². The van der Waals surface area contributed by atoms with E-state index in [9.17, 15) is 66.1 Å². The van der Waals surface area contributed by atoms with Crippen LogP contribution in [0.2, 0.25) is 0 Å². The minimum absolute atomic E-state index is 0.0129. The number of carbonyl (C=O) groups is 1. The van der Waals surface area contributed by atoms with Gasteiger partial charge in [0.2, 0.25) is 0 Å². The number of carbonyl (C=O) groups excluding carboxylic acids is 1. The third kappa shape index (κ3) is 9.89. The second-order valence-electron chi connectivity index (χ2n) is 26.8. The van der Waals surface area contributed by atoms with Crippen LogP contribution in [0.25, 0.3) is 0 Å². The Morgan fingerprint density at radius 2 is 1.16 bits per heavy atom. The lowest BCUT2D eigenvalue weighted by Gasteiger charge is -2.65. The number of aliphatic hydroxyl groups is 12. The largest absolute Gasteiger partial charge is 0.462 e. The zero-order chi connectivity index (χ0) is 56.6. The van der Waals surface area contributed by atoms with Crippen molar-refractivity contribution in [3.8, 4) is 0 Å². The highest BCUT2D eigenvalue weighted by atomic mass is 16.7. The van der Waals surface area contributed by atoms with Gasteiger partial charge in [-0.1, -0.05) is 34.6 Å². The minimum Gasteiger partial charge on any atom is -0.462 e. The van der Waals surface area contributed by atoms with Gasteiger partial charge in [0, 0.05) is 12.8 Å². The lowest BCUT2D eigenvalue weighted by Crippen LogP contribution is -2.65. The van der Waals surface area contributed by atoms with Gasteiger partial charge >= 0.3 is 5.97 Å². The predicted molar refractivity (Wildman–Crippen MR) is 266 cm³/mol. The number of hydrogen-bond donors (Lipinski definition) is 12. The van der Waals surface area contributed by atoms with E-state index in [1.165, 1.54) is 6.92 Å². The molecule has 9 rings (SSSR count). The maximum atomic E-state index is 13.2. The third-order valence-corrected chi connectivity index (χ3v) is 21.8. The molecular weight excluding hydrogens is 1010 g/mol. The molecular formula is C55H92O22. The summed E-state index contributed by atoms with van der Waals surface area (Å²) < 4.78 is 56.8. The molecule has 0 unspecified atom stereocenters. The normalized spacial score (nSPS) is 54.2. The summed E-state index contributed by atoms with van der Waals surface area (Å²) >= 11 is 0. The fourth-order valence-electron chi connectivity index (χ4n) is 17.4. The van der Waals surface area contributed by atoms with Gasteiger partial charge in [-0.3, -0.25) is 4.79 Å². The third-order valence-electron chi connectivity index (χ3n) is 21.8. The van der Waals surface area contributed by atoms with Gasteiger partial charge in [0.05, 0.1) is 48.8 Å². The van der Waals surface area contributed by atoms with Crippen molar-refractivity contribution in [1.29, 1.82) is 0 Å². The number of rotatable bonds is 14. The van der Waals surface area contributed by atoms with Crippen LogP contribution in [0.1, 0.15) is 134 Å². The Kier molecular flexibility index (Phi) is 16.7. The zero-order valence-electron chi connectivity index (χ0n) is 46.6. The first-order valence-electron chi connectivity index (χ1n) is 28.3. The first kappa shape index (κ1) is 60.3. The Balaban J connectivity index is 1.02. The van der Waals surface area contributed by atoms with Crippen LogP contribution >= 0.6 is 0 Å². The monoisotopic (exact) mass is 1100 g/mol. The van der Waals surface area contributed by atoms with Gasteiger partial charge in [0.1, 0.15) is 79.4 Å². The standard InChI is InChI=1S/C55H92O22/c1-22(12-13-32(76-49-44(68)40(64)36(60)25(4)72-49)51(8,9)77-46-41(65)37(61)27(57)20-69-46)33-29(73-26(5)56)19-53(11)30-18-28(74-47-42(66)38(62)34(58)23(2)70-47)45-50(6,7)31(75-48-43(67)39(63)35(59)24(3)71-48)14-15-55(45)21-54(30,55)17-16-52(33,53)10/h22-25,27-49,57-68H,12-21H2,1-11H3/t22-,23+,24+,25-,27-,28+,29+,30+,31+,32-,33+,34+,35+,36+,37+,38-,39-,40+,41-,42-,43-,44-,45+,46+,47+,48+,49+,52-,53+,54+,55-/m1/s1. The fraction of sp³-hybridized carbons (Fsp3) is 0.982. The van der Waals surface area contributed by atoms with Crippen LogP contribution in [0.15, 0.2) is 0 Å². The van der Waals surface area contributed by atoms with E-state index in [-0.39, 0.29) is 47.5 Å². The van der Waals surface area contributed by atoms with E-state index in [0.717, 1.165) is 19.3 Å². The molecule has 9 aliphatic rings. The van der Waals surface area contributed by atoms with Crippen molar-refractivity contribution in [2.75, 3.05) is 6.61 Å². The molecule has 22 heteroatoms. The molecule has 9 fully saturated rings. The fourth-order valence-corrected chi connectivity index (χ4v) is 17.4. The van der Waals surface area contributed by atoms with Gasteiger partial charge in [-0.15, -0.1) is 0 Å². The highest BCUT2D eigenvalue weighted by Gasteiger charge is 2.85. The zero-order valence-corrected chi connectivity index (χ0v) is 46.6. The summed E-state index contributed by atoms with van der Waals surface area (Å²) in [6, 6.07) is 0. The molecule has 2 spiro atoms.